The quantitative estimate of drug-likeness (QED) is 0.155. The molecule has 0 radical (unpaired) electrons. The minimum atomic E-state index is 0.0301. The Hall–Kier alpha value is -4.44. The third-order valence-corrected chi connectivity index (χ3v) is 16.4. The highest BCUT2D eigenvalue weighted by Gasteiger charge is 2.47. The molecule has 0 unspecified atom stereocenters. The summed E-state index contributed by atoms with van der Waals surface area (Å²) < 4.78 is 17.4. The van der Waals surface area contributed by atoms with Crippen LogP contribution in [0.2, 0.25) is 0 Å². The second-order valence-corrected chi connectivity index (χ2v) is 21.8. The molecule has 0 bridgehead atoms. The second-order valence-electron chi connectivity index (χ2n) is 21.8. The first-order valence-corrected chi connectivity index (χ1v) is 22.7. The lowest BCUT2D eigenvalue weighted by Gasteiger charge is -2.45. The first-order valence-electron chi connectivity index (χ1n) is 22.7. The van der Waals surface area contributed by atoms with Crippen LogP contribution in [0.4, 0.5) is 0 Å². The molecule has 0 saturated heterocycles. The fraction of sp³-hybridized carbons (Fsp3) is 0.444. The number of hydrogen-bond acceptors (Lipinski definition) is 2. The summed E-state index contributed by atoms with van der Waals surface area (Å²) in [6, 6.07) is 24.6. The molecular weight excluding hydrogens is 705 g/mol. The molecule has 0 saturated carbocycles. The molecule has 0 N–H and O–H groups in total. The maximum Gasteiger partial charge on any atom is 0.260 e. The van der Waals surface area contributed by atoms with Gasteiger partial charge in [-0.05, 0) is 166 Å². The van der Waals surface area contributed by atoms with E-state index in [1.165, 1.54) is 123 Å². The van der Waals surface area contributed by atoms with Crippen LogP contribution in [0.3, 0.4) is 0 Å². The van der Waals surface area contributed by atoms with Crippen LogP contribution in [-0.2, 0) is 47.3 Å². The van der Waals surface area contributed by atoms with Gasteiger partial charge in [-0.1, -0.05) is 91.8 Å². The van der Waals surface area contributed by atoms with Gasteiger partial charge in [0.2, 0.25) is 0 Å². The highest BCUT2D eigenvalue weighted by atomic mass is 16.5. The van der Waals surface area contributed by atoms with Gasteiger partial charge >= 0.3 is 0 Å². The van der Waals surface area contributed by atoms with Gasteiger partial charge in [-0.25, -0.2) is 0 Å². The molecule has 0 atom stereocenters. The molecular formula is C54H58BNO2. The third kappa shape index (κ3) is 4.81. The number of aryl methyl sites for hydroxylation is 4. The maximum atomic E-state index is 7.35. The molecule has 3 heterocycles. The molecule has 0 spiro atoms. The summed E-state index contributed by atoms with van der Waals surface area (Å²) in [7, 11) is 0. The molecule has 5 aromatic carbocycles. The normalized spacial score (nSPS) is 21.1. The number of benzene rings is 5. The van der Waals surface area contributed by atoms with Crippen molar-refractivity contribution < 1.29 is 9.47 Å². The summed E-state index contributed by atoms with van der Waals surface area (Å²) in [5.74, 6) is 3.94. The molecule has 12 rings (SSSR count). The summed E-state index contributed by atoms with van der Waals surface area (Å²) in [5, 5.41) is 2.78. The van der Waals surface area contributed by atoms with Gasteiger partial charge in [0.05, 0.1) is 16.7 Å². The summed E-state index contributed by atoms with van der Waals surface area (Å²) >= 11 is 0. The Morgan fingerprint density at radius 1 is 0.466 bits per heavy atom. The van der Waals surface area contributed by atoms with Gasteiger partial charge in [0, 0.05) is 28.4 Å². The lowest BCUT2D eigenvalue weighted by atomic mass is 9.34. The Bertz CT molecular complexity index is 2630. The standard InChI is InChI=1S/C54H58BNO2/c1-51(2)21-23-53(5,6)40-29-44-42(27-38(40)51)55-43-28-39-41(54(7,8)24-22-52(39,3)4)30-45(43)58-47-26-33(25-46(57-44)48(47)55)56-49-34-15-11-9-13-31(34)17-19-36(49)37-20-18-32-14-10-12-16-35(32)50(37)56/h17-20,25-30H,9-16,21-24H2,1-8H3. The maximum absolute atomic E-state index is 7.35. The molecule has 3 nitrogen and oxygen atoms in total. The van der Waals surface area contributed by atoms with Gasteiger partial charge in [-0.15, -0.1) is 0 Å². The Labute approximate surface area is 345 Å². The minimum absolute atomic E-state index is 0.0301. The zero-order valence-corrected chi connectivity index (χ0v) is 36.1. The predicted octanol–water partition coefficient (Wildman–Crippen LogP) is 12.0. The van der Waals surface area contributed by atoms with Crippen LogP contribution in [0, 0.1) is 0 Å². The molecule has 1 aromatic heterocycles. The topological polar surface area (TPSA) is 23.4 Å². The van der Waals surface area contributed by atoms with E-state index in [0.717, 1.165) is 54.4 Å². The Morgan fingerprint density at radius 3 is 1.29 bits per heavy atom. The van der Waals surface area contributed by atoms with Crippen molar-refractivity contribution in [2.24, 2.45) is 0 Å². The van der Waals surface area contributed by atoms with E-state index >= 15 is 0 Å². The number of ether oxygens (including phenoxy) is 2. The van der Waals surface area contributed by atoms with Crippen molar-refractivity contribution in [3.05, 3.63) is 105 Å². The molecule has 6 aromatic rings. The zero-order valence-electron chi connectivity index (χ0n) is 36.1. The average molecular weight is 764 g/mol. The van der Waals surface area contributed by atoms with Crippen LogP contribution < -0.4 is 25.9 Å². The Balaban J connectivity index is 1.17. The average Bonchev–Trinajstić information content (AvgIpc) is 3.56. The zero-order chi connectivity index (χ0) is 39.7. The van der Waals surface area contributed by atoms with Crippen LogP contribution in [-0.4, -0.2) is 11.3 Å². The van der Waals surface area contributed by atoms with Crippen molar-refractivity contribution >= 4 is 44.9 Å². The third-order valence-electron chi connectivity index (χ3n) is 16.4. The largest absolute Gasteiger partial charge is 0.458 e. The first kappa shape index (κ1) is 35.5. The monoisotopic (exact) mass is 763 g/mol. The molecule has 6 aliphatic rings. The smallest absolute Gasteiger partial charge is 0.260 e. The van der Waals surface area contributed by atoms with Crippen molar-refractivity contribution in [2.45, 2.75) is 154 Å². The summed E-state index contributed by atoms with van der Waals surface area (Å²) in [5.41, 5.74) is 20.1. The SMILES string of the molecule is CC1(C)CCC(C)(C)c2cc3c(cc21)Oc1cc(-n2c4c5c(ccc4c4ccc6c(c42)CCCC6)CCCC5)cc2c1B3c1cc3c(cc1O2)C(C)(C)CCC3(C)C. The molecule has 294 valence electrons. The van der Waals surface area contributed by atoms with Crippen molar-refractivity contribution in [3.63, 3.8) is 0 Å². The van der Waals surface area contributed by atoms with Crippen molar-refractivity contribution in [1.82, 2.24) is 4.57 Å². The first-order chi connectivity index (χ1) is 27.7. The van der Waals surface area contributed by atoms with Gasteiger partial charge in [-0.2, -0.15) is 0 Å². The van der Waals surface area contributed by atoms with E-state index in [2.05, 4.69) is 121 Å². The lowest BCUT2D eigenvalue weighted by Crippen LogP contribution is -2.58. The van der Waals surface area contributed by atoms with Crippen molar-refractivity contribution in [2.75, 3.05) is 0 Å². The van der Waals surface area contributed by atoms with Crippen molar-refractivity contribution in [1.29, 1.82) is 0 Å². The number of aromatic nitrogens is 1. The molecule has 2 aliphatic heterocycles. The summed E-state index contributed by atoms with van der Waals surface area (Å²) in [6.45, 7) is 19.6. The van der Waals surface area contributed by atoms with Crippen molar-refractivity contribution in [3.8, 4) is 28.7 Å². The number of rotatable bonds is 1. The van der Waals surface area contributed by atoms with Crippen LogP contribution in [0.25, 0.3) is 27.5 Å². The van der Waals surface area contributed by atoms with Gasteiger partial charge in [0.1, 0.15) is 23.0 Å². The van der Waals surface area contributed by atoms with E-state index in [9.17, 15) is 0 Å². The van der Waals surface area contributed by atoms with Gasteiger partial charge < -0.3 is 14.0 Å². The van der Waals surface area contributed by atoms with E-state index < -0.39 is 0 Å². The molecule has 4 heteroatoms. The van der Waals surface area contributed by atoms with Gasteiger partial charge in [0.25, 0.3) is 6.71 Å². The molecule has 0 fully saturated rings. The Kier molecular flexibility index (Phi) is 7.13. The van der Waals surface area contributed by atoms with E-state index in [1.54, 1.807) is 11.1 Å². The van der Waals surface area contributed by atoms with E-state index in [-0.39, 0.29) is 28.4 Å². The van der Waals surface area contributed by atoms with Crippen LogP contribution in [0.15, 0.2) is 60.7 Å². The minimum Gasteiger partial charge on any atom is -0.458 e. The predicted molar refractivity (Wildman–Crippen MR) is 242 cm³/mol. The molecule has 58 heavy (non-hydrogen) atoms. The number of hydrogen-bond donors (Lipinski definition) is 0. The number of nitrogens with zero attached hydrogens (tertiary/aromatic N) is 1. The van der Waals surface area contributed by atoms with Gasteiger partial charge in [-0.3, -0.25) is 0 Å². The fourth-order valence-electron chi connectivity index (χ4n) is 12.7. The van der Waals surface area contributed by atoms with E-state index in [4.69, 9.17) is 9.47 Å². The van der Waals surface area contributed by atoms with Crippen LogP contribution in [0.1, 0.15) is 151 Å². The Morgan fingerprint density at radius 2 is 0.862 bits per heavy atom. The lowest BCUT2D eigenvalue weighted by molar-refractivity contribution is 0.330. The molecule has 4 aliphatic carbocycles. The summed E-state index contributed by atoms with van der Waals surface area (Å²) in [4.78, 5) is 0. The highest BCUT2D eigenvalue weighted by molar-refractivity contribution is 6.98. The summed E-state index contributed by atoms with van der Waals surface area (Å²) in [6.07, 6.45) is 14.4. The van der Waals surface area contributed by atoms with Crippen LogP contribution in [0.5, 0.6) is 23.0 Å². The molecule has 0 amide bonds. The van der Waals surface area contributed by atoms with E-state index in [1.807, 2.05) is 0 Å². The van der Waals surface area contributed by atoms with Crippen LogP contribution >= 0.6 is 0 Å². The highest BCUT2D eigenvalue weighted by Crippen LogP contribution is 2.51. The fourth-order valence-corrected chi connectivity index (χ4v) is 12.7. The van der Waals surface area contributed by atoms with Gasteiger partial charge in [0.15, 0.2) is 0 Å². The number of fused-ring (bicyclic) bond motifs is 13. The van der Waals surface area contributed by atoms with E-state index in [0.29, 0.717) is 0 Å². The second kappa shape index (κ2) is 11.6.